The smallest absolute Gasteiger partial charge is 0.226 e. The van der Waals surface area contributed by atoms with E-state index in [1.807, 2.05) is 48.5 Å². The Bertz CT molecular complexity index is 669. The molecule has 0 heterocycles. The normalized spacial score (nSPS) is 13.5. The van der Waals surface area contributed by atoms with Crippen LogP contribution in [0.4, 0.5) is 0 Å². The van der Waals surface area contributed by atoms with Gasteiger partial charge in [0.25, 0.3) is 0 Å². The lowest BCUT2D eigenvalue weighted by molar-refractivity contribution is -0.135. The largest absolute Gasteiger partial charge is 0.354 e. The van der Waals surface area contributed by atoms with Crippen LogP contribution in [-0.2, 0) is 14.4 Å². The zero-order valence-corrected chi connectivity index (χ0v) is 25.1. The van der Waals surface area contributed by atoms with Crippen LogP contribution in [0.3, 0.4) is 0 Å². The maximum Gasteiger partial charge on any atom is 0.226 e. The molecule has 7 heteroatoms. The number of carbonyl (C=O) groups is 3. The molecule has 0 fully saturated rings. The number of amides is 3. The van der Waals surface area contributed by atoms with Crippen LogP contribution in [0.1, 0.15) is 96.4 Å². The second-order valence-corrected chi connectivity index (χ2v) is 13.6. The summed E-state index contributed by atoms with van der Waals surface area (Å²) < 4.78 is 0. The van der Waals surface area contributed by atoms with E-state index in [9.17, 15) is 14.4 Å². The van der Waals surface area contributed by atoms with Crippen molar-refractivity contribution >= 4 is 17.7 Å². The second kappa shape index (κ2) is 12.6. The molecule has 0 bridgehead atoms. The van der Waals surface area contributed by atoms with Gasteiger partial charge in [-0.2, -0.15) is 0 Å². The highest BCUT2D eigenvalue weighted by atomic mass is 16.2. The zero-order valence-electron chi connectivity index (χ0n) is 25.1. The molecule has 0 aliphatic carbocycles. The first-order valence-corrected chi connectivity index (χ1v) is 13.2. The number of nitrogens with one attached hydrogen (secondary N) is 3. The van der Waals surface area contributed by atoms with Gasteiger partial charge in [-0.15, -0.1) is 0 Å². The fourth-order valence-corrected chi connectivity index (χ4v) is 2.84. The van der Waals surface area contributed by atoms with Crippen LogP contribution in [0.25, 0.3) is 0 Å². The van der Waals surface area contributed by atoms with Crippen molar-refractivity contribution in [1.82, 2.24) is 20.9 Å². The topological polar surface area (TPSA) is 90.5 Å². The summed E-state index contributed by atoms with van der Waals surface area (Å²) >= 11 is 0. The highest BCUT2D eigenvalue weighted by Crippen LogP contribution is 2.38. The molecule has 3 amide bonds. The molecule has 0 aliphatic heterocycles. The Morgan fingerprint density at radius 1 is 0.543 bits per heavy atom. The van der Waals surface area contributed by atoms with Crippen LogP contribution in [0.15, 0.2) is 0 Å². The minimum Gasteiger partial charge on any atom is -0.354 e. The summed E-state index contributed by atoms with van der Waals surface area (Å²) in [7, 11) is 0. The van der Waals surface area contributed by atoms with Crippen molar-refractivity contribution in [2.24, 2.45) is 27.1 Å². The number of hydrogen-bond acceptors (Lipinski definition) is 4. The molecule has 0 radical (unpaired) electrons. The van der Waals surface area contributed by atoms with Crippen LogP contribution < -0.4 is 16.0 Å². The fourth-order valence-electron chi connectivity index (χ4n) is 2.84. The van der Waals surface area contributed by atoms with E-state index < -0.39 is 16.2 Å². The van der Waals surface area contributed by atoms with Crippen LogP contribution in [0, 0.1) is 27.1 Å². The van der Waals surface area contributed by atoms with Crippen molar-refractivity contribution in [1.29, 1.82) is 0 Å². The van der Waals surface area contributed by atoms with Crippen LogP contribution in [0.2, 0.25) is 0 Å². The first-order valence-electron chi connectivity index (χ1n) is 13.2. The van der Waals surface area contributed by atoms with Crippen molar-refractivity contribution < 1.29 is 14.4 Å². The van der Waals surface area contributed by atoms with Crippen molar-refractivity contribution in [3.8, 4) is 0 Å². The van der Waals surface area contributed by atoms with Crippen molar-refractivity contribution in [3.63, 3.8) is 0 Å². The summed E-state index contributed by atoms with van der Waals surface area (Å²) in [4.78, 5) is 40.2. The minimum absolute atomic E-state index is 0.0307. The number of hydrogen-bond donors (Lipinski definition) is 3. The van der Waals surface area contributed by atoms with Gasteiger partial charge in [0.1, 0.15) is 0 Å². The standard InChI is InChI=1S/C28H56N4O3/c1-14-26(8,9)21(33)29-15-18-32(19-16-30-22(34)27(10,11)24(2,3)4)20-17-31-23(35)28(12,13)25(5,6)7/h14-20H2,1-13H3,(H,29,33)(H,30,34)(H,31,35). The van der Waals surface area contributed by atoms with Gasteiger partial charge in [0.2, 0.25) is 17.7 Å². The van der Waals surface area contributed by atoms with Crippen molar-refractivity contribution in [3.05, 3.63) is 0 Å². The molecule has 0 rings (SSSR count). The molecule has 0 aromatic rings. The highest BCUT2D eigenvalue weighted by molar-refractivity contribution is 5.83. The third-order valence-electron chi connectivity index (χ3n) is 8.52. The summed E-state index contributed by atoms with van der Waals surface area (Å²) in [5.41, 5.74) is -1.70. The van der Waals surface area contributed by atoms with Gasteiger partial charge in [0, 0.05) is 55.5 Å². The van der Waals surface area contributed by atoms with Crippen LogP contribution in [0.5, 0.6) is 0 Å². The highest BCUT2D eigenvalue weighted by Gasteiger charge is 2.40. The molecule has 0 unspecified atom stereocenters. The average molecular weight is 497 g/mol. The third-order valence-corrected chi connectivity index (χ3v) is 8.52. The van der Waals surface area contributed by atoms with Gasteiger partial charge in [-0.05, 0) is 17.3 Å². The van der Waals surface area contributed by atoms with Crippen LogP contribution >= 0.6 is 0 Å². The molecule has 35 heavy (non-hydrogen) atoms. The molecule has 0 saturated carbocycles. The summed E-state index contributed by atoms with van der Waals surface area (Å²) in [6.45, 7) is 29.6. The second-order valence-electron chi connectivity index (χ2n) is 13.6. The van der Waals surface area contributed by atoms with Crippen molar-refractivity contribution in [2.45, 2.75) is 96.4 Å². The molecule has 0 aliphatic rings. The van der Waals surface area contributed by atoms with E-state index in [1.54, 1.807) is 0 Å². The first-order chi connectivity index (χ1) is 15.6. The fraction of sp³-hybridized carbons (Fsp3) is 0.893. The molecular formula is C28H56N4O3. The summed E-state index contributed by atoms with van der Waals surface area (Å²) in [5, 5.41) is 9.20. The number of nitrogens with zero attached hydrogens (tertiary/aromatic N) is 1. The maximum absolute atomic E-state index is 12.8. The summed E-state index contributed by atoms with van der Waals surface area (Å²) in [5.74, 6) is 0.103. The molecule has 3 N–H and O–H groups in total. The SMILES string of the molecule is CCC(C)(C)C(=O)NCCN(CCNC(=O)C(C)(C)C(C)(C)C)CCNC(=O)C(C)(C)C(C)(C)C. The van der Waals surface area contributed by atoms with Gasteiger partial charge in [-0.25, -0.2) is 0 Å². The summed E-state index contributed by atoms with van der Waals surface area (Å²) in [6, 6.07) is 0. The molecule has 7 nitrogen and oxygen atoms in total. The van der Waals surface area contributed by atoms with Crippen LogP contribution in [-0.4, -0.2) is 61.9 Å². The van der Waals surface area contributed by atoms with E-state index in [-0.39, 0.29) is 28.6 Å². The molecular weight excluding hydrogens is 440 g/mol. The van der Waals surface area contributed by atoms with E-state index in [4.69, 9.17) is 0 Å². The zero-order chi connectivity index (χ0) is 27.9. The van der Waals surface area contributed by atoms with E-state index in [0.717, 1.165) is 6.42 Å². The lowest BCUT2D eigenvalue weighted by atomic mass is 9.69. The Labute approximate surface area is 215 Å². The quantitative estimate of drug-likeness (QED) is 0.356. The molecule has 0 spiro atoms. The number of carbonyl (C=O) groups excluding carboxylic acids is 3. The van der Waals surface area contributed by atoms with Gasteiger partial charge >= 0.3 is 0 Å². The summed E-state index contributed by atoms with van der Waals surface area (Å²) in [6.07, 6.45) is 0.772. The number of rotatable bonds is 13. The molecule has 206 valence electrons. The Balaban J connectivity index is 5.06. The Morgan fingerprint density at radius 2 is 0.829 bits per heavy atom. The average Bonchev–Trinajstić information content (AvgIpc) is 2.71. The van der Waals surface area contributed by atoms with Gasteiger partial charge in [-0.3, -0.25) is 19.3 Å². The Hall–Kier alpha value is -1.63. The monoisotopic (exact) mass is 496 g/mol. The van der Waals surface area contributed by atoms with Gasteiger partial charge in [-0.1, -0.05) is 90.0 Å². The third kappa shape index (κ3) is 9.74. The van der Waals surface area contributed by atoms with E-state index in [2.05, 4.69) is 62.4 Å². The molecule has 0 aromatic carbocycles. The lowest BCUT2D eigenvalue weighted by Gasteiger charge is -2.37. The first kappa shape index (κ1) is 33.4. The Morgan fingerprint density at radius 3 is 1.09 bits per heavy atom. The van der Waals surface area contributed by atoms with E-state index in [1.165, 1.54) is 0 Å². The van der Waals surface area contributed by atoms with Crippen molar-refractivity contribution in [2.75, 3.05) is 39.3 Å². The lowest BCUT2D eigenvalue weighted by Crippen LogP contribution is -2.49. The van der Waals surface area contributed by atoms with E-state index >= 15 is 0 Å². The Kier molecular flexibility index (Phi) is 12.0. The minimum atomic E-state index is -0.496. The predicted molar refractivity (Wildman–Crippen MR) is 146 cm³/mol. The molecule has 0 aromatic heterocycles. The van der Waals surface area contributed by atoms with Gasteiger partial charge in [0.05, 0.1) is 0 Å². The van der Waals surface area contributed by atoms with Gasteiger partial charge < -0.3 is 16.0 Å². The molecule has 0 saturated heterocycles. The molecule has 0 atom stereocenters. The van der Waals surface area contributed by atoms with Gasteiger partial charge in [0.15, 0.2) is 0 Å². The van der Waals surface area contributed by atoms with E-state index in [0.29, 0.717) is 39.3 Å². The maximum atomic E-state index is 12.8. The predicted octanol–water partition coefficient (Wildman–Crippen LogP) is 4.22.